The van der Waals surface area contributed by atoms with Crippen molar-refractivity contribution >= 4 is 59.2 Å². The molecular weight excluding hydrogens is 238 g/mol. The predicted molar refractivity (Wildman–Crippen MR) is 51.5 cm³/mol. The van der Waals surface area contributed by atoms with E-state index in [1.54, 1.807) is 0 Å². The van der Waals surface area contributed by atoms with Crippen molar-refractivity contribution in [1.29, 1.82) is 0 Å². The van der Waals surface area contributed by atoms with Crippen LogP contribution in [-0.2, 0) is 0 Å². The molecule has 1 atom stereocenters. The van der Waals surface area contributed by atoms with Gasteiger partial charge in [-0.1, -0.05) is 34.8 Å². The van der Waals surface area contributed by atoms with Crippen molar-refractivity contribution < 1.29 is 4.39 Å². The molecule has 0 bridgehead atoms. The summed E-state index contributed by atoms with van der Waals surface area (Å²) in [6.07, 6.45) is 0. The topological polar surface area (TPSA) is 0 Å². The van der Waals surface area contributed by atoms with Crippen LogP contribution in [0.1, 0.15) is 0 Å². The molecule has 0 heterocycles. The van der Waals surface area contributed by atoms with Gasteiger partial charge in [-0.2, -0.15) is 12.6 Å². The van der Waals surface area contributed by atoms with Gasteiger partial charge in [-0.25, -0.2) is 4.39 Å². The van der Waals surface area contributed by atoms with Gasteiger partial charge in [0.2, 0.25) is 0 Å². The Morgan fingerprint density at radius 1 is 1.50 bits per heavy atom. The summed E-state index contributed by atoms with van der Waals surface area (Å²) in [6, 6.07) is 0. The van der Waals surface area contributed by atoms with Crippen LogP contribution in [0, 0.1) is 0 Å². The van der Waals surface area contributed by atoms with Gasteiger partial charge in [-0.3, -0.25) is 0 Å². The third kappa shape index (κ3) is 7.61. The zero-order valence-electron chi connectivity index (χ0n) is 4.86. The second kappa shape index (κ2) is 5.20. The Balaban J connectivity index is 3.36. The standard InChI is InChI=1S/C4H6Cl3FS2/c5-4(6,7)2-10-3(8)1-9/h3,9H,1-2H2. The van der Waals surface area contributed by atoms with Crippen molar-refractivity contribution in [2.45, 2.75) is 9.30 Å². The van der Waals surface area contributed by atoms with Crippen LogP contribution in [0.2, 0.25) is 0 Å². The summed E-state index contributed by atoms with van der Waals surface area (Å²) >= 11 is 20.7. The fraction of sp³-hybridized carbons (Fsp3) is 1.00. The molecule has 0 aromatic heterocycles. The molecule has 0 aromatic carbocycles. The minimum Gasteiger partial charge on any atom is -0.235 e. The van der Waals surface area contributed by atoms with E-state index in [1.807, 2.05) is 0 Å². The molecule has 6 heteroatoms. The normalized spacial score (nSPS) is 15.3. The first-order valence-corrected chi connectivity index (χ1v) is 5.20. The number of halogens is 4. The summed E-state index contributed by atoms with van der Waals surface area (Å²) in [4.78, 5) is 0. The van der Waals surface area contributed by atoms with E-state index in [-0.39, 0.29) is 11.5 Å². The number of hydrogen-bond donors (Lipinski definition) is 1. The van der Waals surface area contributed by atoms with E-state index < -0.39 is 9.30 Å². The zero-order chi connectivity index (χ0) is 8.20. The molecule has 62 valence electrons. The van der Waals surface area contributed by atoms with Crippen LogP contribution in [0.25, 0.3) is 0 Å². The first kappa shape index (κ1) is 11.5. The van der Waals surface area contributed by atoms with Crippen molar-refractivity contribution in [2.24, 2.45) is 0 Å². The lowest BCUT2D eigenvalue weighted by atomic mass is 10.9. The Morgan fingerprint density at radius 3 is 2.30 bits per heavy atom. The summed E-state index contributed by atoms with van der Waals surface area (Å²) in [5, 5.41) is 0. The summed E-state index contributed by atoms with van der Waals surface area (Å²) < 4.78 is 11.0. The lowest BCUT2D eigenvalue weighted by Gasteiger charge is -2.10. The molecular formula is C4H6Cl3FS2. The van der Waals surface area contributed by atoms with Crippen molar-refractivity contribution in [3.63, 3.8) is 0 Å². The maximum Gasteiger partial charge on any atom is 0.199 e. The average Bonchev–Trinajstić information content (AvgIpc) is 1.81. The van der Waals surface area contributed by atoms with E-state index in [1.165, 1.54) is 0 Å². The van der Waals surface area contributed by atoms with Crippen LogP contribution in [0.4, 0.5) is 4.39 Å². The number of thioether (sulfide) groups is 1. The third-order valence-electron chi connectivity index (χ3n) is 0.571. The van der Waals surface area contributed by atoms with E-state index in [2.05, 4.69) is 12.6 Å². The van der Waals surface area contributed by atoms with Crippen molar-refractivity contribution in [1.82, 2.24) is 0 Å². The van der Waals surface area contributed by atoms with Gasteiger partial charge in [-0.05, 0) is 0 Å². The molecule has 0 saturated heterocycles. The highest BCUT2D eigenvalue weighted by Gasteiger charge is 2.21. The fourth-order valence-electron chi connectivity index (χ4n) is 0.238. The minimum absolute atomic E-state index is 0.144. The molecule has 0 aliphatic rings. The highest BCUT2D eigenvalue weighted by molar-refractivity contribution is 8.00. The number of alkyl halides is 4. The first-order valence-electron chi connectivity index (χ1n) is 2.39. The van der Waals surface area contributed by atoms with E-state index in [4.69, 9.17) is 34.8 Å². The van der Waals surface area contributed by atoms with Crippen molar-refractivity contribution in [3.8, 4) is 0 Å². The molecule has 0 aliphatic heterocycles. The number of hydrogen-bond acceptors (Lipinski definition) is 2. The lowest BCUT2D eigenvalue weighted by Crippen LogP contribution is -2.09. The second-order valence-corrected chi connectivity index (χ2v) is 5.53. The highest BCUT2D eigenvalue weighted by Crippen LogP contribution is 2.32. The lowest BCUT2D eigenvalue weighted by molar-refractivity contribution is 0.490. The third-order valence-corrected chi connectivity index (χ3v) is 3.14. The Hall–Kier alpha value is 1.50. The van der Waals surface area contributed by atoms with Gasteiger partial charge in [-0.15, -0.1) is 11.8 Å². The summed E-state index contributed by atoms with van der Waals surface area (Å²) in [6.45, 7) is 0. The van der Waals surface area contributed by atoms with Crippen LogP contribution < -0.4 is 0 Å². The Kier molecular flexibility index (Phi) is 5.98. The maximum atomic E-state index is 12.4. The summed E-state index contributed by atoms with van der Waals surface area (Å²) in [7, 11) is 0. The van der Waals surface area contributed by atoms with Crippen LogP contribution in [0.3, 0.4) is 0 Å². The summed E-state index contributed by atoms with van der Waals surface area (Å²) in [5.74, 6) is 0.296. The maximum absolute atomic E-state index is 12.4. The van der Waals surface area contributed by atoms with E-state index in [0.29, 0.717) is 0 Å². The Labute approximate surface area is 84.2 Å². The largest absolute Gasteiger partial charge is 0.235 e. The van der Waals surface area contributed by atoms with Crippen molar-refractivity contribution in [2.75, 3.05) is 11.5 Å². The van der Waals surface area contributed by atoms with Gasteiger partial charge in [0.05, 0.1) is 0 Å². The highest BCUT2D eigenvalue weighted by atomic mass is 35.6. The zero-order valence-corrected chi connectivity index (χ0v) is 8.84. The number of thiol groups is 1. The molecule has 0 aromatic rings. The van der Waals surface area contributed by atoms with E-state index in [0.717, 1.165) is 11.8 Å². The molecule has 0 fully saturated rings. The second-order valence-electron chi connectivity index (χ2n) is 1.52. The first-order chi connectivity index (χ1) is 4.45. The quantitative estimate of drug-likeness (QED) is 0.586. The van der Waals surface area contributed by atoms with Gasteiger partial charge >= 0.3 is 0 Å². The molecule has 0 N–H and O–H groups in total. The Bertz CT molecular complexity index is 95.0. The molecule has 0 amide bonds. The molecule has 10 heavy (non-hydrogen) atoms. The monoisotopic (exact) mass is 242 g/mol. The summed E-state index contributed by atoms with van der Waals surface area (Å²) in [5.41, 5.74) is -1.06. The van der Waals surface area contributed by atoms with Crippen LogP contribution in [0.5, 0.6) is 0 Å². The van der Waals surface area contributed by atoms with E-state index >= 15 is 0 Å². The Morgan fingerprint density at radius 2 is 2.00 bits per heavy atom. The van der Waals surface area contributed by atoms with Crippen LogP contribution in [0.15, 0.2) is 0 Å². The van der Waals surface area contributed by atoms with Gasteiger partial charge in [0.25, 0.3) is 0 Å². The van der Waals surface area contributed by atoms with Gasteiger partial charge < -0.3 is 0 Å². The van der Waals surface area contributed by atoms with Crippen molar-refractivity contribution in [3.05, 3.63) is 0 Å². The fourth-order valence-corrected chi connectivity index (χ4v) is 1.60. The molecule has 0 radical (unpaired) electrons. The predicted octanol–water partition coefficient (Wildman–Crippen LogP) is 3.32. The van der Waals surface area contributed by atoms with Gasteiger partial charge in [0.1, 0.15) is 0 Å². The smallest absolute Gasteiger partial charge is 0.199 e. The van der Waals surface area contributed by atoms with Gasteiger partial charge in [0, 0.05) is 11.5 Å². The molecule has 0 nitrogen and oxygen atoms in total. The molecule has 0 aliphatic carbocycles. The SMILES string of the molecule is FC(CS)SCC(Cl)(Cl)Cl. The average molecular weight is 244 g/mol. The molecule has 0 saturated carbocycles. The van der Waals surface area contributed by atoms with Crippen LogP contribution in [-0.4, -0.2) is 20.8 Å². The molecule has 0 rings (SSSR count). The number of rotatable bonds is 3. The van der Waals surface area contributed by atoms with Gasteiger partial charge in [0.15, 0.2) is 9.30 Å². The van der Waals surface area contributed by atoms with Crippen LogP contribution >= 0.6 is 59.2 Å². The molecule has 1 unspecified atom stereocenters. The molecule has 0 spiro atoms. The minimum atomic E-state index is -1.36. The van der Waals surface area contributed by atoms with E-state index in [9.17, 15) is 4.39 Å².